The molecule has 19 heavy (non-hydrogen) atoms. The fourth-order valence-electron chi connectivity index (χ4n) is 2.63. The van der Waals surface area contributed by atoms with Gasteiger partial charge in [-0.2, -0.15) is 16.1 Å². The Bertz CT molecular complexity index is 586. The third-order valence-electron chi connectivity index (χ3n) is 3.70. The molecular weight excluding hydrogens is 280 g/mol. The largest absolute Gasteiger partial charge is 0.384 e. The van der Waals surface area contributed by atoms with Gasteiger partial charge < -0.3 is 5.32 Å². The molecule has 2 aliphatic heterocycles. The minimum atomic E-state index is -3.35. The van der Waals surface area contributed by atoms with Crippen LogP contribution in [-0.2, 0) is 16.4 Å². The first-order valence-electron chi connectivity index (χ1n) is 6.55. The number of anilines is 1. The van der Waals surface area contributed by atoms with Crippen molar-refractivity contribution < 1.29 is 8.42 Å². The fraction of sp³-hybridized carbons (Fsp3) is 0.538. The predicted octanol–water partition coefficient (Wildman–Crippen LogP) is 1.78. The van der Waals surface area contributed by atoms with E-state index in [1.807, 2.05) is 24.8 Å². The van der Waals surface area contributed by atoms with Crippen LogP contribution in [0.15, 0.2) is 23.1 Å². The van der Waals surface area contributed by atoms with Crippen molar-refractivity contribution in [2.24, 2.45) is 0 Å². The second kappa shape index (κ2) is 5.00. The molecule has 1 N–H and O–H groups in total. The van der Waals surface area contributed by atoms with Gasteiger partial charge in [-0.15, -0.1) is 0 Å². The molecule has 6 heteroatoms. The lowest BCUT2D eigenvalue weighted by molar-refractivity contribution is 0.367. The highest BCUT2D eigenvalue weighted by atomic mass is 32.2. The number of nitrogens with one attached hydrogen (secondary N) is 1. The summed E-state index contributed by atoms with van der Waals surface area (Å²) in [6.07, 6.45) is 0.979. The van der Waals surface area contributed by atoms with Crippen molar-refractivity contribution in [2.75, 3.05) is 29.9 Å². The Morgan fingerprint density at radius 2 is 2.26 bits per heavy atom. The average Bonchev–Trinajstić information content (AvgIpc) is 2.86. The zero-order valence-corrected chi connectivity index (χ0v) is 12.6. The molecule has 3 rings (SSSR count). The molecule has 1 aromatic carbocycles. The molecule has 1 fully saturated rings. The summed E-state index contributed by atoms with van der Waals surface area (Å²) in [5, 5.41) is 3.24. The number of rotatable bonds is 2. The van der Waals surface area contributed by atoms with Gasteiger partial charge in [0, 0.05) is 36.3 Å². The van der Waals surface area contributed by atoms with Crippen LogP contribution in [0.3, 0.4) is 0 Å². The van der Waals surface area contributed by atoms with E-state index in [9.17, 15) is 8.42 Å². The Labute approximate surface area is 118 Å². The Hall–Kier alpha value is -0.720. The van der Waals surface area contributed by atoms with Gasteiger partial charge in [-0.1, -0.05) is 6.07 Å². The molecule has 0 saturated carbocycles. The lowest BCUT2D eigenvalue weighted by Crippen LogP contribution is -2.44. The van der Waals surface area contributed by atoms with Gasteiger partial charge in [0.05, 0.1) is 4.90 Å². The van der Waals surface area contributed by atoms with E-state index in [0.29, 0.717) is 11.4 Å². The van der Waals surface area contributed by atoms with E-state index < -0.39 is 10.0 Å². The van der Waals surface area contributed by atoms with Gasteiger partial charge in [-0.05, 0) is 31.0 Å². The Balaban J connectivity index is 1.95. The number of fused-ring (bicyclic) bond motifs is 1. The molecule has 0 aliphatic carbocycles. The summed E-state index contributed by atoms with van der Waals surface area (Å²) < 4.78 is 27.0. The number of sulfonamides is 1. The first kappa shape index (κ1) is 13.3. The van der Waals surface area contributed by atoms with Crippen LogP contribution >= 0.6 is 11.8 Å². The molecule has 1 saturated heterocycles. The topological polar surface area (TPSA) is 49.4 Å². The van der Waals surface area contributed by atoms with E-state index in [0.717, 1.165) is 30.2 Å². The van der Waals surface area contributed by atoms with Crippen molar-refractivity contribution in [2.45, 2.75) is 24.3 Å². The van der Waals surface area contributed by atoms with Gasteiger partial charge in [0.2, 0.25) is 10.0 Å². The normalized spacial score (nSPS) is 23.9. The van der Waals surface area contributed by atoms with Crippen LogP contribution in [-0.4, -0.2) is 43.4 Å². The van der Waals surface area contributed by atoms with Crippen molar-refractivity contribution in [1.29, 1.82) is 0 Å². The highest BCUT2D eigenvalue weighted by molar-refractivity contribution is 7.99. The lowest BCUT2D eigenvalue weighted by atomic mass is 10.2. The van der Waals surface area contributed by atoms with E-state index in [4.69, 9.17) is 0 Å². The predicted molar refractivity (Wildman–Crippen MR) is 79.3 cm³/mol. The third kappa shape index (κ3) is 2.37. The molecular formula is C13H18N2O2S2. The van der Waals surface area contributed by atoms with Crippen LogP contribution in [0.2, 0.25) is 0 Å². The van der Waals surface area contributed by atoms with Crippen LogP contribution in [0, 0.1) is 0 Å². The van der Waals surface area contributed by atoms with Gasteiger partial charge in [-0.25, -0.2) is 8.42 Å². The summed E-state index contributed by atoms with van der Waals surface area (Å²) in [6, 6.07) is 5.54. The van der Waals surface area contributed by atoms with E-state index in [-0.39, 0.29) is 6.04 Å². The fourth-order valence-corrected chi connectivity index (χ4v) is 5.52. The lowest BCUT2D eigenvalue weighted by Gasteiger charge is -2.32. The van der Waals surface area contributed by atoms with Crippen LogP contribution in [0.5, 0.6) is 0 Å². The highest BCUT2D eigenvalue weighted by Gasteiger charge is 2.31. The molecule has 2 aliphatic rings. The molecule has 104 valence electrons. The van der Waals surface area contributed by atoms with Crippen LogP contribution in [0.25, 0.3) is 0 Å². The Morgan fingerprint density at radius 3 is 3.05 bits per heavy atom. The Kier molecular flexibility index (Phi) is 3.49. The van der Waals surface area contributed by atoms with Crippen molar-refractivity contribution in [3.8, 4) is 0 Å². The maximum atomic E-state index is 12.7. The first-order chi connectivity index (χ1) is 9.09. The maximum Gasteiger partial charge on any atom is 0.243 e. The molecule has 1 aromatic rings. The Morgan fingerprint density at radius 1 is 1.42 bits per heavy atom. The summed E-state index contributed by atoms with van der Waals surface area (Å²) in [4.78, 5) is 0.416. The van der Waals surface area contributed by atoms with Crippen molar-refractivity contribution >= 4 is 27.5 Å². The molecule has 0 radical (unpaired) electrons. The number of benzene rings is 1. The quantitative estimate of drug-likeness (QED) is 0.904. The molecule has 2 heterocycles. The molecule has 0 aromatic heterocycles. The summed E-state index contributed by atoms with van der Waals surface area (Å²) >= 11 is 1.82. The van der Waals surface area contributed by atoms with Crippen LogP contribution in [0.1, 0.15) is 12.5 Å². The standard InChI is InChI=1S/C13H18N2O2S2/c1-10-9-18-7-6-15(10)19(16,17)12-3-2-11-4-5-14-13(11)8-12/h2-3,8,10,14H,4-7,9H2,1H3. The van der Waals surface area contributed by atoms with E-state index in [2.05, 4.69) is 5.32 Å². The molecule has 0 amide bonds. The second-order valence-electron chi connectivity index (χ2n) is 5.04. The summed E-state index contributed by atoms with van der Waals surface area (Å²) in [5.41, 5.74) is 2.18. The minimum absolute atomic E-state index is 0.0740. The molecule has 0 bridgehead atoms. The van der Waals surface area contributed by atoms with E-state index in [1.54, 1.807) is 16.4 Å². The molecule has 4 nitrogen and oxygen atoms in total. The van der Waals surface area contributed by atoms with Crippen molar-refractivity contribution in [3.05, 3.63) is 23.8 Å². The molecule has 1 unspecified atom stereocenters. The summed E-state index contributed by atoms with van der Waals surface area (Å²) in [6.45, 7) is 3.49. The summed E-state index contributed by atoms with van der Waals surface area (Å²) in [7, 11) is -3.35. The zero-order valence-electron chi connectivity index (χ0n) is 10.9. The van der Waals surface area contributed by atoms with Gasteiger partial charge in [0.1, 0.15) is 0 Å². The van der Waals surface area contributed by atoms with Gasteiger partial charge in [-0.3, -0.25) is 0 Å². The highest BCUT2D eigenvalue weighted by Crippen LogP contribution is 2.29. The number of hydrogen-bond donors (Lipinski definition) is 1. The average molecular weight is 298 g/mol. The monoisotopic (exact) mass is 298 g/mol. The number of nitrogens with zero attached hydrogens (tertiary/aromatic N) is 1. The molecule has 1 atom stereocenters. The summed E-state index contributed by atoms with van der Waals surface area (Å²) in [5.74, 6) is 1.76. The van der Waals surface area contributed by atoms with E-state index in [1.165, 1.54) is 5.56 Å². The number of thioether (sulfide) groups is 1. The first-order valence-corrected chi connectivity index (χ1v) is 9.15. The van der Waals surface area contributed by atoms with Gasteiger partial charge in [0.25, 0.3) is 0 Å². The van der Waals surface area contributed by atoms with Crippen molar-refractivity contribution in [1.82, 2.24) is 4.31 Å². The van der Waals surface area contributed by atoms with E-state index >= 15 is 0 Å². The van der Waals surface area contributed by atoms with Crippen molar-refractivity contribution in [3.63, 3.8) is 0 Å². The zero-order chi connectivity index (χ0) is 13.5. The molecule has 0 spiro atoms. The van der Waals surface area contributed by atoms with Crippen LogP contribution in [0.4, 0.5) is 5.69 Å². The van der Waals surface area contributed by atoms with Gasteiger partial charge >= 0.3 is 0 Å². The van der Waals surface area contributed by atoms with Crippen LogP contribution < -0.4 is 5.32 Å². The SMILES string of the molecule is CC1CSCCN1S(=O)(=O)c1ccc2c(c1)NCC2. The van der Waals surface area contributed by atoms with Gasteiger partial charge in [0.15, 0.2) is 0 Å². The minimum Gasteiger partial charge on any atom is -0.384 e. The smallest absolute Gasteiger partial charge is 0.243 e. The number of hydrogen-bond acceptors (Lipinski definition) is 4. The maximum absolute atomic E-state index is 12.7. The third-order valence-corrected chi connectivity index (χ3v) is 6.90. The second-order valence-corrected chi connectivity index (χ2v) is 8.08.